The molecule has 0 amide bonds. The molecule has 0 aliphatic rings. The molecule has 1 unspecified atom stereocenters. The molecule has 0 bridgehead atoms. The number of hydrogen-bond acceptors (Lipinski definition) is 7. The standard InChI is InChI=1S/C20H15ClN8/c1-11(27-20-18-19(23-9-22-18)24-10-25-20)13-8-12-4-2-5-14(21)16(12)28-17(13)15-6-3-7-26-29-15/h2-11H,1H3,(H2,22,23,24,25,27). The molecule has 0 radical (unpaired) electrons. The second-order valence-electron chi connectivity index (χ2n) is 6.53. The van der Waals surface area contributed by atoms with Crippen LogP contribution in [0.1, 0.15) is 18.5 Å². The number of halogens is 1. The number of para-hydroxylation sites is 1. The molecule has 1 atom stereocenters. The monoisotopic (exact) mass is 402 g/mol. The Morgan fingerprint density at radius 2 is 2.00 bits per heavy atom. The molecule has 5 rings (SSSR count). The smallest absolute Gasteiger partial charge is 0.162 e. The van der Waals surface area contributed by atoms with Gasteiger partial charge in [0, 0.05) is 17.1 Å². The summed E-state index contributed by atoms with van der Waals surface area (Å²) in [6.45, 7) is 2.04. The van der Waals surface area contributed by atoms with E-state index in [1.54, 1.807) is 12.5 Å². The molecule has 0 fully saturated rings. The van der Waals surface area contributed by atoms with E-state index < -0.39 is 0 Å². The highest BCUT2D eigenvalue weighted by Gasteiger charge is 2.19. The van der Waals surface area contributed by atoms with Gasteiger partial charge in [0.25, 0.3) is 0 Å². The Bertz CT molecular complexity index is 1320. The van der Waals surface area contributed by atoms with Crippen molar-refractivity contribution in [3.63, 3.8) is 0 Å². The Hall–Kier alpha value is -3.65. The van der Waals surface area contributed by atoms with Gasteiger partial charge in [-0.15, -0.1) is 5.10 Å². The number of nitrogens with zero attached hydrogens (tertiary/aromatic N) is 6. The van der Waals surface area contributed by atoms with Gasteiger partial charge in [-0.2, -0.15) is 5.10 Å². The van der Waals surface area contributed by atoms with Crippen LogP contribution in [0.2, 0.25) is 5.02 Å². The van der Waals surface area contributed by atoms with E-state index in [1.807, 2.05) is 37.3 Å². The summed E-state index contributed by atoms with van der Waals surface area (Å²) in [5, 5.41) is 13.2. The third kappa shape index (κ3) is 3.13. The van der Waals surface area contributed by atoms with Crippen LogP contribution in [0, 0.1) is 0 Å². The van der Waals surface area contributed by atoms with E-state index in [-0.39, 0.29) is 6.04 Å². The lowest BCUT2D eigenvalue weighted by Crippen LogP contribution is -2.11. The van der Waals surface area contributed by atoms with Crippen LogP contribution in [0.4, 0.5) is 5.82 Å². The largest absolute Gasteiger partial charge is 0.362 e. The Balaban J connectivity index is 1.65. The number of rotatable bonds is 4. The molecule has 1 aromatic carbocycles. The van der Waals surface area contributed by atoms with Gasteiger partial charge in [-0.05, 0) is 31.2 Å². The minimum absolute atomic E-state index is 0.141. The molecule has 4 heterocycles. The number of aromatic nitrogens is 7. The van der Waals surface area contributed by atoms with Crippen molar-refractivity contribution in [3.8, 4) is 11.4 Å². The van der Waals surface area contributed by atoms with Crippen molar-refractivity contribution in [3.05, 3.63) is 65.8 Å². The van der Waals surface area contributed by atoms with Gasteiger partial charge < -0.3 is 10.3 Å². The summed E-state index contributed by atoms with van der Waals surface area (Å²) < 4.78 is 0. The third-order valence-corrected chi connectivity index (χ3v) is 4.98. The van der Waals surface area contributed by atoms with Crippen LogP contribution in [-0.2, 0) is 0 Å². The zero-order chi connectivity index (χ0) is 19.8. The van der Waals surface area contributed by atoms with Crippen LogP contribution >= 0.6 is 11.6 Å². The number of pyridine rings is 1. The molecular weight excluding hydrogens is 388 g/mol. The van der Waals surface area contributed by atoms with Gasteiger partial charge in [0.1, 0.15) is 17.5 Å². The minimum Gasteiger partial charge on any atom is -0.362 e. The first-order chi connectivity index (χ1) is 14.2. The molecule has 0 spiro atoms. The first-order valence-corrected chi connectivity index (χ1v) is 9.36. The zero-order valence-corrected chi connectivity index (χ0v) is 16.1. The van der Waals surface area contributed by atoms with E-state index in [9.17, 15) is 0 Å². The SMILES string of the molecule is CC(Nc1ncnc2[nH]cnc12)c1cc2cccc(Cl)c2nc1-c1cccnn1. The van der Waals surface area contributed by atoms with Crippen LogP contribution in [0.25, 0.3) is 33.5 Å². The van der Waals surface area contributed by atoms with E-state index in [4.69, 9.17) is 16.6 Å². The molecule has 0 saturated carbocycles. The van der Waals surface area contributed by atoms with Crippen molar-refractivity contribution < 1.29 is 0 Å². The van der Waals surface area contributed by atoms with E-state index in [0.29, 0.717) is 33.4 Å². The number of imidazole rings is 1. The van der Waals surface area contributed by atoms with E-state index in [2.05, 4.69) is 41.5 Å². The predicted molar refractivity (Wildman–Crippen MR) is 112 cm³/mol. The quantitative estimate of drug-likeness (QED) is 0.464. The number of H-pyrrole nitrogens is 1. The maximum absolute atomic E-state index is 6.39. The van der Waals surface area contributed by atoms with Crippen LogP contribution in [-0.4, -0.2) is 35.1 Å². The molecule has 142 valence electrons. The predicted octanol–water partition coefficient (Wildman–Crippen LogP) is 4.18. The number of aromatic amines is 1. The Morgan fingerprint density at radius 1 is 1.07 bits per heavy atom. The van der Waals surface area contributed by atoms with Gasteiger partial charge in [0.2, 0.25) is 0 Å². The fraction of sp³-hybridized carbons (Fsp3) is 0.100. The van der Waals surface area contributed by atoms with Gasteiger partial charge in [-0.3, -0.25) is 0 Å². The molecule has 8 nitrogen and oxygen atoms in total. The molecule has 0 aliphatic carbocycles. The van der Waals surface area contributed by atoms with E-state index in [1.165, 1.54) is 6.33 Å². The second-order valence-corrected chi connectivity index (χ2v) is 6.94. The normalized spacial score (nSPS) is 12.3. The number of benzene rings is 1. The summed E-state index contributed by atoms with van der Waals surface area (Å²) >= 11 is 6.39. The zero-order valence-electron chi connectivity index (χ0n) is 15.3. The first kappa shape index (κ1) is 17.4. The van der Waals surface area contributed by atoms with E-state index in [0.717, 1.165) is 16.5 Å². The molecule has 2 N–H and O–H groups in total. The lowest BCUT2D eigenvalue weighted by molar-refractivity contribution is 0.869. The van der Waals surface area contributed by atoms with Crippen molar-refractivity contribution >= 4 is 39.5 Å². The molecule has 0 aliphatic heterocycles. The molecule has 9 heteroatoms. The van der Waals surface area contributed by atoms with Crippen molar-refractivity contribution in [1.29, 1.82) is 0 Å². The van der Waals surface area contributed by atoms with Crippen molar-refractivity contribution in [1.82, 2.24) is 35.1 Å². The Labute approximate surface area is 170 Å². The summed E-state index contributed by atoms with van der Waals surface area (Å²) in [4.78, 5) is 20.7. The molecule has 0 saturated heterocycles. The van der Waals surface area contributed by atoms with Gasteiger partial charge in [-0.1, -0.05) is 23.7 Å². The number of anilines is 1. The molecular formula is C20H15ClN8. The van der Waals surface area contributed by atoms with Gasteiger partial charge in [0.15, 0.2) is 11.5 Å². The summed E-state index contributed by atoms with van der Waals surface area (Å²) in [7, 11) is 0. The molecule has 5 aromatic rings. The van der Waals surface area contributed by atoms with Crippen LogP contribution in [0.3, 0.4) is 0 Å². The third-order valence-electron chi connectivity index (χ3n) is 4.68. The molecule has 4 aromatic heterocycles. The van der Waals surface area contributed by atoms with E-state index >= 15 is 0 Å². The highest BCUT2D eigenvalue weighted by Crippen LogP contribution is 2.33. The topological polar surface area (TPSA) is 105 Å². The van der Waals surface area contributed by atoms with Gasteiger partial charge >= 0.3 is 0 Å². The van der Waals surface area contributed by atoms with Crippen LogP contribution in [0.15, 0.2) is 55.2 Å². The fourth-order valence-corrected chi connectivity index (χ4v) is 3.52. The number of nitrogens with one attached hydrogen (secondary N) is 2. The van der Waals surface area contributed by atoms with Crippen molar-refractivity contribution in [2.24, 2.45) is 0 Å². The van der Waals surface area contributed by atoms with Gasteiger partial charge in [0.05, 0.1) is 28.6 Å². The van der Waals surface area contributed by atoms with Crippen LogP contribution < -0.4 is 5.32 Å². The van der Waals surface area contributed by atoms with Gasteiger partial charge in [-0.25, -0.2) is 19.9 Å². The Kier molecular flexibility index (Phi) is 4.25. The minimum atomic E-state index is -0.141. The highest BCUT2D eigenvalue weighted by atomic mass is 35.5. The average Bonchev–Trinajstić information content (AvgIpc) is 3.24. The maximum Gasteiger partial charge on any atom is 0.162 e. The first-order valence-electron chi connectivity index (χ1n) is 8.98. The summed E-state index contributed by atoms with van der Waals surface area (Å²) in [6.07, 6.45) is 4.73. The number of hydrogen-bond donors (Lipinski definition) is 2. The molecule has 29 heavy (non-hydrogen) atoms. The lowest BCUT2D eigenvalue weighted by Gasteiger charge is -2.19. The second kappa shape index (κ2) is 7.06. The van der Waals surface area contributed by atoms with Crippen molar-refractivity contribution in [2.75, 3.05) is 5.32 Å². The maximum atomic E-state index is 6.39. The summed E-state index contributed by atoms with van der Waals surface area (Å²) in [5.41, 5.74) is 4.41. The van der Waals surface area contributed by atoms with Crippen LogP contribution in [0.5, 0.6) is 0 Å². The summed E-state index contributed by atoms with van der Waals surface area (Å²) in [5.74, 6) is 0.639. The lowest BCUT2D eigenvalue weighted by atomic mass is 10.0. The fourth-order valence-electron chi connectivity index (χ4n) is 3.29. The highest BCUT2D eigenvalue weighted by molar-refractivity contribution is 6.35. The average molecular weight is 403 g/mol. The Morgan fingerprint density at radius 3 is 2.86 bits per heavy atom. The summed E-state index contributed by atoms with van der Waals surface area (Å²) in [6, 6.07) is 11.4. The number of fused-ring (bicyclic) bond motifs is 2. The van der Waals surface area contributed by atoms with Crippen molar-refractivity contribution in [2.45, 2.75) is 13.0 Å².